The molecule has 2 heterocycles. The molecule has 0 unspecified atom stereocenters. The summed E-state index contributed by atoms with van der Waals surface area (Å²) < 4.78 is 34.7. The van der Waals surface area contributed by atoms with Gasteiger partial charge in [0.2, 0.25) is 0 Å². The minimum atomic E-state index is -3.75. The van der Waals surface area contributed by atoms with Gasteiger partial charge in [-0.2, -0.15) is 9.61 Å². The van der Waals surface area contributed by atoms with Crippen LogP contribution in [0.4, 0.5) is 11.5 Å². The van der Waals surface area contributed by atoms with Crippen molar-refractivity contribution in [1.82, 2.24) is 14.6 Å². The number of ether oxygens (including phenoxy) is 1. The van der Waals surface area contributed by atoms with E-state index in [0.29, 0.717) is 22.9 Å². The normalized spacial score (nSPS) is 11.5. The minimum Gasteiger partial charge on any atom is -0.497 e. The average Bonchev–Trinajstić information content (AvgIpc) is 3.18. The van der Waals surface area contributed by atoms with Gasteiger partial charge in [0.1, 0.15) is 11.6 Å². The van der Waals surface area contributed by atoms with Crippen molar-refractivity contribution in [3.8, 4) is 16.9 Å². The number of rotatable bonds is 5. The minimum absolute atomic E-state index is 0.121. The molecule has 0 amide bonds. The van der Waals surface area contributed by atoms with Gasteiger partial charge in [0.25, 0.3) is 10.0 Å². The Labute approximate surface area is 168 Å². The van der Waals surface area contributed by atoms with Crippen LogP contribution in [0.15, 0.2) is 65.8 Å². The van der Waals surface area contributed by atoms with E-state index in [1.165, 1.54) is 19.2 Å². The number of fused-ring (bicyclic) bond motifs is 1. The molecule has 0 aliphatic carbocycles. The highest BCUT2D eigenvalue weighted by atomic mass is 32.2. The molecular formula is C20H19N5O3S. The Morgan fingerprint density at radius 1 is 1.10 bits per heavy atom. The number of nitrogen functional groups attached to an aromatic ring is 1. The summed E-state index contributed by atoms with van der Waals surface area (Å²) in [6.07, 6.45) is 3.32. The van der Waals surface area contributed by atoms with Crippen LogP contribution < -0.4 is 15.2 Å². The molecular weight excluding hydrogens is 390 g/mol. The SMILES string of the molecule is COc1cccc(S(=O)(=O)Nc2ccc(-c3cnc4ccnn4c3N)c(C)c2)c1. The van der Waals surface area contributed by atoms with E-state index in [4.69, 9.17) is 10.5 Å². The molecule has 0 radical (unpaired) electrons. The van der Waals surface area contributed by atoms with Crippen LogP contribution in [0, 0.1) is 6.92 Å². The summed E-state index contributed by atoms with van der Waals surface area (Å²) >= 11 is 0. The van der Waals surface area contributed by atoms with Crippen LogP contribution in [-0.4, -0.2) is 30.1 Å². The highest BCUT2D eigenvalue weighted by Crippen LogP contribution is 2.31. The molecule has 4 rings (SSSR count). The van der Waals surface area contributed by atoms with E-state index in [2.05, 4.69) is 14.8 Å². The van der Waals surface area contributed by atoms with E-state index in [0.717, 1.165) is 16.7 Å². The molecule has 4 aromatic rings. The van der Waals surface area contributed by atoms with Crippen molar-refractivity contribution in [3.63, 3.8) is 0 Å². The molecule has 9 heteroatoms. The Balaban J connectivity index is 1.67. The summed E-state index contributed by atoms with van der Waals surface area (Å²) in [6, 6.07) is 13.3. The Bertz CT molecular complexity index is 1310. The standard InChI is InChI=1S/C20H19N5O3S/c1-13-10-14(24-29(26,27)16-5-3-4-15(11-16)28-2)6-7-17(13)18-12-22-19-8-9-23-25(19)20(18)21/h3-12,24H,21H2,1-2H3. The van der Waals surface area contributed by atoms with Crippen LogP contribution in [0.2, 0.25) is 0 Å². The van der Waals surface area contributed by atoms with E-state index in [1.807, 2.05) is 13.0 Å². The number of aryl methyl sites for hydroxylation is 1. The van der Waals surface area contributed by atoms with Gasteiger partial charge in [0.05, 0.1) is 18.2 Å². The van der Waals surface area contributed by atoms with Gasteiger partial charge in [0.15, 0.2) is 5.65 Å². The number of sulfonamides is 1. The molecule has 8 nitrogen and oxygen atoms in total. The summed E-state index contributed by atoms with van der Waals surface area (Å²) in [4.78, 5) is 4.48. The second-order valence-corrected chi connectivity index (χ2v) is 8.15. The van der Waals surface area contributed by atoms with Crippen LogP contribution in [0.5, 0.6) is 5.75 Å². The van der Waals surface area contributed by atoms with E-state index in [9.17, 15) is 8.42 Å². The largest absolute Gasteiger partial charge is 0.497 e. The molecule has 0 saturated heterocycles. The molecule has 0 aliphatic rings. The third-order valence-corrected chi connectivity index (χ3v) is 5.95. The fraction of sp³-hybridized carbons (Fsp3) is 0.100. The molecule has 148 valence electrons. The number of nitrogens with one attached hydrogen (secondary N) is 1. The molecule has 0 saturated carbocycles. The third-order valence-electron chi connectivity index (χ3n) is 4.57. The maximum Gasteiger partial charge on any atom is 0.262 e. The summed E-state index contributed by atoms with van der Waals surface area (Å²) in [5, 5.41) is 4.18. The summed E-state index contributed by atoms with van der Waals surface area (Å²) in [5.41, 5.74) is 9.76. The molecule has 2 aromatic carbocycles. The van der Waals surface area contributed by atoms with Gasteiger partial charge in [0, 0.05) is 29.6 Å². The zero-order chi connectivity index (χ0) is 20.6. The maximum atomic E-state index is 12.7. The van der Waals surface area contributed by atoms with Gasteiger partial charge in [-0.05, 0) is 42.3 Å². The van der Waals surface area contributed by atoms with Crippen molar-refractivity contribution in [2.24, 2.45) is 0 Å². The number of benzene rings is 2. The Morgan fingerprint density at radius 2 is 1.93 bits per heavy atom. The summed E-state index contributed by atoms with van der Waals surface area (Å²) in [7, 11) is -2.26. The second kappa shape index (κ2) is 7.10. The van der Waals surface area contributed by atoms with Gasteiger partial charge in [-0.25, -0.2) is 13.4 Å². The van der Waals surface area contributed by atoms with Crippen LogP contribution in [-0.2, 0) is 10.0 Å². The zero-order valence-corrected chi connectivity index (χ0v) is 16.6. The number of nitrogens with two attached hydrogens (primary N) is 1. The average molecular weight is 409 g/mol. The smallest absolute Gasteiger partial charge is 0.262 e. The lowest BCUT2D eigenvalue weighted by Crippen LogP contribution is -2.13. The lowest BCUT2D eigenvalue weighted by Gasteiger charge is -2.13. The van der Waals surface area contributed by atoms with Crippen molar-refractivity contribution in [1.29, 1.82) is 0 Å². The van der Waals surface area contributed by atoms with Crippen LogP contribution in [0.25, 0.3) is 16.8 Å². The number of methoxy groups -OCH3 is 1. The number of nitrogens with zero attached hydrogens (tertiary/aromatic N) is 3. The Hall–Kier alpha value is -3.59. The fourth-order valence-corrected chi connectivity index (χ4v) is 4.19. The first-order chi connectivity index (χ1) is 13.9. The highest BCUT2D eigenvalue weighted by molar-refractivity contribution is 7.92. The predicted octanol–water partition coefficient (Wildman–Crippen LogP) is 3.10. The van der Waals surface area contributed by atoms with E-state index < -0.39 is 10.0 Å². The molecule has 2 aromatic heterocycles. The van der Waals surface area contributed by atoms with Crippen LogP contribution >= 0.6 is 0 Å². The first-order valence-corrected chi connectivity index (χ1v) is 10.2. The van der Waals surface area contributed by atoms with Crippen molar-refractivity contribution < 1.29 is 13.2 Å². The number of hydrogen-bond acceptors (Lipinski definition) is 6. The number of hydrogen-bond donors (Lipinski definition) is 2. The van der Waals surface area contributed by atoms with Gasteiger partial charge < -0.3 is 10.5 Å². The van der Waals surface area contributed by atoms with Crippen molar-refractivity contribution in [3.05, 3.63) is 66.5 Å². The molecule has 0 bridgehead atoms. The molecule has 0 aliphatic heterocycles. The molecule has 3 N–H and O–H groups in total. The Morgan fingerprint density at radius 3 is 2.69 bits per heavy atom. The van der Waals surface area contributed by atoms with E-state index in [1.54, 1.807) is 47.2 Å². The molecule has 0 fully saturated rings. The van der Waals surface area contributed by atoms with Crippen molar-refractivity contribution >= 4 is 27.2 Å². The quantitative estimate of drug-likeness (QED) is 0.524. The predicted molar refractivity (Wildman–Crippen MR) is 111 cm³/mol. The van der Waals surface area contributed by atoms with Gasteiger partial charge in [-0.3, -0.25) is 4.72 Å². The highest BCUT2D eigenvalue weighted by Gasteiger charge is 2.16. The lowest BCUT2D eigenvalue weighted by atomic mass is 10.0. The van der Waals surface area contributed by atoms with Crippen LogP contribution in [0.3, 0.4) is 0 Å². The van der Waals surface area contributed by atoms with Gasteiger partial charge >= 0.3 is 0 Å². The van der Waals surface area contributed by atoms with Crippen molar-refractivity contribution in [2.75, 3.05) is 17.6 Å². The van der Waals surface area contributed by atoms with Gasteiger partial charge in [-0.15, -0.1) is 0 Å². The zero-order valence-electron chi connectivity index (χ0n) is 15.8. The summed E-state index contributed by atoms with van der Waals surface area (Å²) in [6.45, 7) is 1.88. The summed E-state index contributed by atoms with van der Waals surface area (Å²) in [5.74, 6) is 0.934. The molecule has 0 atom stereocenters. The third kappa shape index (κ3) is 3.47. The van der Waals surface area contributed by atoms with Crippen molar-refractivity contribution in [2.45, 2.75) is 11.8 Å². The topological polar surface area (TPSA) is 112 Å². The lowest BCUT2D eigenvalue weighted by molar-refractivity contribution is 0.413. The monoisotopic (exact) mass is 409 g/mol. The maximum absolute atomic E-state index is 12.7. The first kappa shape index (κ1) is 18.8. The Kier molecular flexibility index (Phi) is 4.59. The van der Waals surface area contributed by atoms with Gasteiger partial charge in [-0.1, -0.05) is 12.1 Å². The second-order valence-electron chi connectivity index (χ2n) is 6.47. The van der Waals surface area contributed by atoms with Crippen LogP contribution in [0.1, 0.15) is 5.56 Å². The fourth-order valence-electron chi connectivity index (χ4n) is 3.11. The molecule has 0 spiro atoms. The molecule has 29 heavy (non-hydrogen) atoms. The number of anilines is 2. The number of aromatic nitrogens is 3. The first-order valence-electron chi connectivity index (χ1n) is 8.75. The van der Waals surface area contributed by atoms with E-state index >= 15 is 0 Å². The van der Waals surface area contributed by atoms with E-state index in [-0.39, 0.29) is 4.90 Å².